The van der Waals surface area contributed by atoms with Crippen molar-refractivity contribution in [3.05, 3.63) is 42.1 Å². The molecule has 96 valence electrons. The lowest BCUT2D eigenvalue weighted by atomic mass is 10.1. The summed E-state index contributed by atoms with van der Waals surface area (Å²) in [6.45, 7) is 4.36. The lowest BCUT2D eigenvalue weighted by Crippen LogP contribution is -2.37. The molecule has 2 aromatic rings. The minimum absolute atomic E-state index is 0.845. The van der Waals surface area contributed by atoms with Crippen molar-refractivity contribution in [1.82, 2.24) is 0 Å². The summed E-state index contributed by atoms with van der Waals surface area (Å²) in [6.07, 6.45) is 3.36. The Labute approximate surface area is 118 Å². The minimum Gasteiger partial charge on any atom is -0.261 e. The molecule has 0 saturated heterocycles. The number of fused-ring (bicyclic) bond motifs is 1. The van der Waals surface area contributed by atoms with Crippen molar-refractivity contribution in [3.8, 4) is 0 Å². The van der Waals surface area contributed by atoms with Gasteiger partial charge in [-0.2, -0.15) is 4.57 Å². The van der Waals surface area contributed by atoms with Crippen LogP contribution in [0.5, 0.6) is 0 Å². The van der Waals surface area contributed by atoms with Crippen LogP contribution in [-0.4, -0.2) is 24.1 Å². The topological polar surface area (TPSA) is 3.88 Å². The van der Waals surface area contributed by atoms with Gasteiger partial charge in [0.2, 0.25) is 21.7 Å². The fourth-order valence-corrected chi connectivity index (χ4v) is 2.49. The van der Waals surface area contributed by atoms with E-state index in [-0.39, 0.29) is 0 Å². The molecule has 1 aromatic carbocycles. The average molecular weight is 309 g/mol. The molecule has 2 nitrogen and oxygen atoms in total. The van der Waals surface area contributed by atoms with Crippen molar-refractivity contribution in [3.63, 3.8) is 0 Å². The molecule has 18 heavy (non-hydrogen) atoms. The van der Waals surface area contributed by atoms with Crippen LogP contribution < -0.4 is 4.57 Å². The third kappa shape index (κ3) is 3.30. The van der Waals surface area contributed by atoms with Crippen LogP contribution in [-0.2, 0) is 6.54 Å². The number of aromatic nitrogens is 1. The van der Waals surface area contributed by atoms with Gasteiger partial charge < -0.3 is 0 Å². The maximum atomic E-state index is 3.64. The van der Waals surface area contributed by atoms with Gasteiger partial charge in [0.1, 0.15) is 0 Å². The zero-order valence-electron chi connectivity index (χ0n) is 11.4. The first-order chi connectivity index (χ1) is 8.47. The monoisotopic (exact) mass is 308 g/mol. The first kappa shape index (κ1) is 13.5. The molecule has 0 radical (unpaired) electrons. The van der Waals surface area contributed by atoms with E-state index in [1.165, 1.54) is 16.5 Å². The third-order valence-corrected chi connectivity index (χ3v) is 3.59. The number of pyridine rings is 1. The van der Waals surface area contributed by atoms with E-state index in [9.17, 15) is 0 Å². The van der Waals surface area contributed by atoms with Gasteiger partial charge in [0.25, 0.3) is 0 Å². The van der Waals surface area contributed by atoms with E-state index in [1.54, 1.807) is 0 Å². The third-order valence-electron chi connectivity index (χ3n) is 3.23. The van der Waals surface area contributed by atoms with Crippen LogP contribution in [0.3, 0.4) is 0 Å². The lowest BCUT2D eigenvalue weighted by Gasteiger charge is -2.18. The van der Waals surface area contributed by atoms with E-state index in [0.717, 1.165) is 23.0 Å². The van der Waals surface area contributed by atoms with Crippen LogP contribution in [0.4, 0.5) is 0 Å². The van der Waals surface area contributed by atoms with E-state index < -0.39 is 0 Å². The summed E-state index contributed by atoms with van der Waals surface area (Å²) < 4.78 is 3.20. The van der Waals surface area contributed by atoms with E-state index >= 15 is 0 Å². The Morgan fingerprint density at radius 1 is 1.17 bits per heavy atom. The number of quaternary nitrogens is 1. The first-order valence-corrected chi connectivity index (χ1v) is 7.09. The van der Waals surface area contributed by atoms with Gasteiger partial charge in [-0.15, -0.1) is 0 Å². The Balaban J connectivity index is 2.21. The number of aryl methyl sites for hydroxylation is 2. The van der Waals surface area contributed by atoms with Gasteiger partial charge in [0.05, 0.1) is 27.1 Å². The summed E-state index contributed by atoms with van der Waals surface area (Å²) in [5.74, 6) is 0. The highest BCUT2D eigenvalue weighted by atomic mass is 79.9. The molecule has 0 aliphatic carbocycles. The largest absolute Gasteiger partial charge is 0.261 e. The molecule has 0 fully saturated rings. The summed E-state index contributed by atoms with van der Waals surface area (Å²) in [5.41, 5.74) is 2.68. The Hall–Kier alpha value is -0.930. The predicted molar refractivity (Wildman–Crippen MR) is 79.4 cm³/mol. The van der Waals surface area contributed by atoms with Gasteiger partial charge in [-0.1, -0.05) is 12.1 Å². The molecule has 1 heterocycles. The van der Waals surface area contributed by atoms with E-state index in [4.69, 9.17) is 0 Å². The van der Waals surface area contributed by atoms with Crippen LogP contribution in [0, 0.1) is 6.92 Å². The van der Waals surface area contributed by atoms with Crippen molar-refractivity contribution in [1.29, 1.82) is 0 Å². The van der Waals surface area contributed by atoms with E-state index in [2.05, 4.69) is 78.3 Å². The quantitative estimate of drug-likeness (QED) is 0.603. The second-order valence-corrected chi connectivity index (χ2v) is 7.24. The molecule has 0 saturated carbocycles. The molecule has 0 amide bonds. The number of hydrogen-bond acceptors (Lipinski definition) is 0. The molecule has 0 N–H and O–H groups in total. The van der Waals surface area contributed by atoms with Crippen molar-refractivity contribution >= 4 is 27.1 Å². The van der Waals surface area contributed by atoms with Gasteiger partial charge in [0, 0.05) is 17.5 Å². The standard InChI is InChI=1S/C15H21BrN2/c1-13-9-11-17(10-6-12-18(2,3)16)15-8-5-4-7-14(13)15/h4-5,7-9,11H,6,10,12H2,1-3H3/q+2. The maximum Gasteiger partial charge on any atom is 0.226 e. The SMILES string of the molecule is Cc1cc[n+](CCC[N+](C)(C)Br)c2ccccc12. The molecule has 0 aliphatic heterocycles. The van der Waals surface area contributed by atoms with Crippen LogP contribution in [0.2, 0.25) is 0 Å². The van der Waals surface area contributed by atoms with Gasteiger partial charge in [-0.3, -0.25) is 3.51 Å². The summed E-state index contributed by atoms with van der Waals surface area (Å²) in [7, 11) is 4.33. The maximum absolute atomic E-state index is 3.64. The highest BCUT2D eigenvalue weighted by Gasteiger charge is 2.14. The second-order valence-electron chi connectivity index (χ2n) is 5.32. The number of hydrogen-bond donors (Lipinski definition) is 0. The zero-order valence-corrected chi connectivity index (χ0v) is 12.9. The van der Waals surface area contributed by atoms with Crippen molar-refractivity contribution in [2.24, 2.45) is 0 Å². The van der Waals surface area contributed by atoms with Crippen LogP contribution >= 0.6 is 16.1 Å². The highest BCUT2D eigenvalue weighted by molar-refractivity contribution is 9.05. The number of rotatable bonds is 4. The number of nitrogens with zero attached hydrogens (tertiary/aromatic N) is 2. The summed E-state index contributed by atoms with van der Waals surface area (Å²) in [4.78, 5) is 0. The predicted octanol–water partition coefficient (Wildman–Crippen LogP) is 3.21. The molecular weight excluding hydrogens is 288 g/mol. The molecule has 2 rings (SSSR count). The summed E-state index contributed by atoms with van der Waals surface area (Å²) in [5, 5.41) is 1.35. The van der Waals surface area contributed by atoms with Crippen molar-refractivity contribution in [2.45, 2.75) is 19.9 Å². The Morgan fingerprint density at radius 2 is 1.89 bits per heavy atom. The fraction of sp³-hybridized carbons (Fsp3) is 0.400. The average Bonchev–Trinajstić information content (AvgIpc) is 2.31. The molecule has 0 atom stereocenters. The summed E-state index contributed by atoms with van der Waals surface area (Å²) in [6, 6.07) is 10.8. The first-order valence-electron chi connectivity index (χ1n) is 6.38. The van der Waals surface area contributed by atoms with Crippen LogP contribution in [0.25, 0.3) is 10.9 Å². The Morgan fingerprint density at radius 3 is 2.61 bits per heavy atom. The summed E-state index contributed by atoms with van der Waals surface area (Å²) >= 11 is 3.64. The van der Waals surface area contributed by atoms with Gasteiger partial charge >= 0.3 is 0 Å². The van der Waals surface area contributed by atoms with E-state index in [1.807, 2.05) is 0 Å². The molecule has 3 heteroatoms. The fourth-order valence-electron chi connectivity index (χ4n) is 2.24. The Bertz CT molecular complexity index is 544. The number of halogens is 1. The smallest absolute Gasteiger partial charge is 0.226 e. The van der Waals surface area contributed by atoms with Crippen molar-refractivity contribution in [2.75, 3.05) is 20.6 Å². The normalized spacial score (nSPS) is 12.0. The zero-order chi connectivity index (χ0) is 13.2. The lowest BCUT2D eigenvalue weighted by molar-refractivity contribution is -0.744. The van der Waals surface area contributed by atoms with E-state index in [0.29, 0.717) is 0 Å². The molecule has 0 spiro atoms. The van der Waals surface area contributed by atoms with Gasteiger partial charge in [-0.05, 0) is 18.6 Å². The van der Waals surface area contributed by atoms with Gasteiger partial charge in [0.15, 0.2) is 12.7 Å². The highest BCUT2D eigenvalue weighted by Crippen LogP contribution is 2.14. The molecule has 0 aliphatic rings. The second kappa shape index (κ2) is 5.37. The molecular formula is C15H21BrN2+2. The molecule has 0 bridgehead atoms. The Kier molecular flexibility index (Phi) is 4.03. The minimum atomic E-state index is 0.845. The van der Waals surface area contributed by atoms with Gasteiger partial charge in [-0.25, -0.2) is 0 Å². The van der Waals surface area contributed by atoms with Crippen LogP contribution in [0.1, 0.15) is 12.0 Å². The van der Waals surface area contributed by atoms with Crippen molar-refractivity contribution < 1.29 is 8.08 Å². The number of para-hydroxylation sites is 1. The van der Waals surface area contributed by atoms with Crippen LogP contribution in [0.15, 0.2) is 36.5 Å². The molecule has 1 aromatic heterocycles. The number of benzene rings is 1. The molecule has 0 unspecified atom stereocenters.